The Hall–Kier alpha value is 0.314. The molecule has 0 radical (unpaired) electrons. The SMILES string of the molecule is CC[SiH](OC)O[SiH](CC)OC. The molecule has 0 aromatic rings. The van der Waals surface area contributed by atoms with E-state index >= 15 is 0 Å². The molecule has 68 valence electrons. The Kier molecular flexibility index (Phi) is 7.19. The molecule has 0 aliphatic heterocycles. The van der Waals surface area contributed by atoms with E-state index < -0.39 is 18.6 Å². The molecule has 0 amide bonds. The highest BCUT2D eigenvalue weighted by Crippen LogP contribution is 2.01. The van der Waals surface area contributed by atoms with Crippen molar-refractivity contribution < 1.29 is 13.0 Å². The zero-order chi connectivity index (χ0) is 8.69. The zero-order valence-corrected chi connectivity index (χ0v) is 10.1. The Morgan fingerprint density at radius 2 is 1.27 bits per heavy atom. The molecule has 0 saturated carbocycles. The molecule has 2 unspecified atom stereocenters. The van der Waals surface area contributed by atoms with Crippen LogP contribution in [0.5, 0.6) is 0 Å². The van der Waals surface area contributed by atoms with Gasteiger partial charge in [0.1, 0.15) is 0 Å². The van der Waals surface area contributed by atoms with E-state index in [9.17, 15) is 0 Å². The molecule has 0 N–H and O–H groups in total. The molecule has 0 aliphatic carbocycles. The first kappa shape index (κ1) is 11.3. The van der Waals surface area contributed by atoms with Crippen LogP contribution >= 0.6 is 0 Å². The van der Waals surface area contributed by atoms with Gasteiger partial charge >= 0.3 is 18.6 Å². The van der Waals surface area contributed by atoms with E-state index in [1.54, 1.807) is 14.2 Å². The number of hydrogen-bond acceptors (Lipinski definition) is 3. The van der Waals surface area contributed by atoms with Gasteiger partial charge in [-0.2, -0.15) is 0 Å². The third-order valence-electron chi connectivity index (χ3n) is 1.50. The molecule has 0 aromatic carbocycles. The lowest BCUT2D eigenvalue weighted by molar-refractivity contribution is 0.280. The molecular weight excluding hydrogens is 176 g/mol. The first-order chi connectivity index (χ1) is 5.28. The summed E-state index contributed by atoms with van der Waals surface area (Å²) in [6.45, 7) is 4.19. The second kappa shape index (κ2) is 6.99. The first-order valence-corrected chi connectivity index (χ1v) is 7.51. The minimum absolute atomic E-state index is 1.02. The minimum Gasteiger partial charge on any atom is -0.419 e. The van der Waals surface area contributed by atoms with Gasteiger partial charge in [0, 0.05) is 14.2 Å². The van der Waals surface area contributed by atoms with Crippen LogP contribution in [0.15, 0.2) is 0 Å². The quantitative estimate of drug-likeness (QED) is 0.585. The molecule has 0 heterocycles. The van der Waals surface area contributed by atoms with Gasteiger partial charge < -0.3 is 13.0 Å². The summed E-state index contributed by atoms with van der Waals surface area (Å²) in [6.07, 6.45) is 0. The van der Waals surface area contributed by atoms with Gasteiger partial charge in [-0.15, -0.1) is 0 Å². The van der Waals surface area contributed by atoms with Crippen LogP contribution in [0.25, 0.3) is 0 Å². The molecule has 0 bridgehead atoms. The van der Waals surface area contributed by atoms with E-state index in [1.165, 1.54) is 0 Å². The molecule has 0 aliphatic rings. The summed E-state index contributed by atoms with van der Waals surface area (Å²) in [5.74, 6) is 0. The van der Waals surface area contributed by atoms with Gasteiger partial charge in [-0.1, -0.05) is 13.8 Å². The van der Waals surface area contributed by atoms with Crippen LogP contribution in [-0.2, 0) is 13.0 Å². The van der Waals surface area contributed by atoms with Gasteiger partial charge in [0.2, 0.25) is 0 Å². The lowest BCUT2D eigenvalue weighted by atomic mass is 11.0. The molecule has 0 spiro atoms. The van der Waals surface area contributed by atoms with Crippen LogP contribution in [0.3, 0.4) is 0 Å². The topological polar surface area (TPSA) is 27.7 Å². The average Bonchev–Trinajstić information content (AvgIpc) is 2.07. The highest BCUT2D eigenvalue weighted by molar-refractivity contribution is 6.59. The van der Waals surface area contributed by atoms with Crippen LogP contribution < -0.4 is 0 Å². The summed E-state index contributed by atoms with van der Waals surface area (Å²) in [7, 11) is 0.742. The fourth-order valence-electron chi connectivity index (χ4n) is 0.806. The Bertz CT molecular complexity index is 73.9. The summed E-state index contributed by atoms with van der Waals surface area (Å²) in [5.41, 5.74) is 0. The molecule has 0 fully saturated rings. The fourth-order valence-corrected chi connectivity index (χ4v) is 5.26. The standard InChI is InChI=1S/C6H18O3Si2/c1-5-10(7-3)9-11(6-2)8-4/h10-11H,5-6H2,1-4H3. The van der Waals surface area contributed by atoms with Crippen molar-refractivity contribution in [1.29, 1.82) is 0 Å². The molecular formula is C6H18O3Si2. The maximum atomic E-state index is 5.68. The molecule has 3 nitrogen and oxygen atoms in total. The van der Waals surface area contributed by atoms with Crippen LogP contribution in [0.1, 0.15) is 13.8 Å². The van der Waals surface area contributed by atoms with Crippen molar-refractivity contribution in [3.8, 4) is 0 Å². The Balaban J connectivity index is 3.58. The van der Waals surface area contributed by atoms with Crippen molar-refractivity contribution in [3.05, 3.63) is 0 Å². The van der Waals surface area contributed by atoms with Crippen LogP contribution in [0.2, 0.25) is 12.1 Å². The zero-order valence-electron chi connectivity index (χ0n) is 7.79. The van der Waals surface area contributed by atoms with Crippen molar-refractivity contribution in [2.75, 3.05) is 14.2 Å². The fraction of sp³-hybridized carbons (Fsp3) is 1.00. The average molecular weight is 194 g/mol. The molecule has 5 heteroatoms. The molecule has 11 heavy (non-hydrogen) atoms. The van der Waals surface area contributed by atoms with E-state index in [4.69, 9.17) is 13.0 Å². The van der Waals surface area contributed by atoms with E-state index in [1.807, 2.05) is 0 Å². The smallest absolute Gasteiger partial charge is 0.311 e. The number of rotatable bonds is 6. The lowest BCUT2D eigenvalue weighted by Gasteiger charge is -2.18. The predicted molar refractivity (Wildman–Crippen MR) is 50.4 cm³/mol. The largest absolute Gasteiger partial charge is 0.419 e. The van der Waals surface area contributed by atoms with Crippen molar-refractivity contribution in [2.45, 2.75) is 25.9 Å². The summed E-state index contributed by atoms with van der Waals surface area (Å²) in [6, 6.07) is 2.03. The number of hydrogen-bond donors (Lipinski definition) is 0. The molecule has 2 atom stereocenters. The molecule has 0 rings (SSSR count). The van der Waals surface area contributed by atoms with Gasteiger partial charge in [-0.25, -0.2) is 0 Å². The van der Waals surface area contributed by atoms with Gasteiger partial charge in [0.25, 0.3) is 0 Å². The van der Waals surface area contributed by atoms with Crippen molar-refractivity contribution in [1.82, 2.24) is 0 Å². The third kappa shape index (κ3) is 4.70. The second-order valence-electron chi connectivity index (χ2n) is 2.28. The molecule has 0 saturated heterocycles. The van der Waals surface area contributed by atoms with Gasteiger partial charge in [0.15, 0.2) is 0 Å². The monoisotopic (exact) mass is 194 g/mol. The predicted octanol–water partition coefficient (Wildman–Crippen LogP) is 0.777. The van der Waals surface area contributed by atoms with Crippen LogP contribution in [0.4, 0.5) is 0 Å². The van der Waals surface area contributed by atoms with Gasteiger partial charge in [-0.05, 0) is 12.1 Å². The summed E-state index contributed by atoms with van der Waals surface area (Å²) >= 11 is 0. The van der Waals surface area contributed by atoms with Crippen molar-refractivity contribution >= 4 is 18.6 Å². The minimum atomic E-state index is -1.35. The summed E-state index contributed by atoms with van der Waals surface area (Å²) < 4.78 is 16.1. The van der Waals surface area contributed by atoms with E-state index in [2.05, 4.69) is 13.8 Å². The second-order valence-corrected chi connectivity index (χ2v) is 7.67. The van der Waals surface area contributed by atoms with Gasteiger partial charge in [0.05, 0.1) is 0 Å². The van der Waals surface area contributed by atoms with E-state index in [-0.39, 0.29) is 0 Å². The third-order valence-corrected chi connectivity index (χ3v) is 6.31. The normalized spacial score (nSPS) is 16.4. The van der Waals surface area contributed by atoms with Crippen LogP contribution in [0, 0.1) is 0 Å². The summed E-state index contributed by atoms with van der Waals surface area (Å²) in [5, 5.41) is 0. The Morgan fingerprint density at radius 3 is 1.45 bits per heavy atom. The summed E-state index contributed by atoms with van der Waals surface area (Å²) in [4.78, 5) is 0. The highest BCUT2D eigenvalue weighted by atomic mass is 28.4. The maximum Gasteiger partial charge on any atom is 0.311 e. The van der Waals surface area contributed by atoms with Crippen LogP contribution in [-0.4, -0.2) is 32.8 Å². The van der Waals surface area contributed by atoms with Crippen molar-refractivity contribution in [3.63, 3.8) is 0 Å². The first-order valence-electron chi connectivity index (χ1n) is 3.99. The Morgan fingerprint density at radius 1 is 0.909 bits per heavy atom. The van der Waals surface area contributed by atoms with E-state index in [0.29, 0.717) is 0 Å². The Labute approximate surface area is 72.4 Å². The van der Waals surface area contributed by atoms with Gasteiger partial charge in [-0.3, -0.25) is 0 Å². The van der Waals surface area contributed by atoms with Crippen molar-refractivity contribution in [2.24, 2.45) is 0 Å². The lowest BCUT2D eigenvalue weighted by Crippen LogP contribution is -2.31. The molecule has 0 aromatic heterocycles. The highest BCUT2D eigenvalue weighted by Gasteiger charge is 2.16. The maximum absolute atomic E-state index is 5.68. The van der Waals surface area contributed by atoms with E-state index in [0.717, 1.165) is 12.1 Å².